The van der Waals surface area contributed by atoms with E-state index in [0.717, 1.165) is 12.8 Å². The number of hydrogen-bond donors (Lipinski definition) is 0. The molecular formula is C20H37N3O. The van der Waals surface area contributed by atoms with E-state index in [1.165, 1.54) is 50.9 Å². The molecule has 1 aliphatic rings. The van der Waals surface area contributed by atoms with Crippen molar-refractivity contribution in [3.8, 4) is 0 Å². The Bertz CT molecular complexity index is 459. The molecule has 4 heteroatoms. The molecular weight excluding hydrogens is 298 g/mol. The summed E-state index contributed by atoms with van der Waals surface area (Å²) < 4.78 is 1.83. The molecule has 0 bridgehead atoms. The van der Waals surface area contributed by atoms with Crippen molar-refractivity contribution in [3.05, 3.63) is 18.0 Å². The van der Waals surface area contributed by atoms with E-state index in [0.29, 0.717) is 11.7 Å². The Balaban J connectivity index is 0.000000272. The fourth-order valence-electron chi connectivity index (χ4n) is 2.84. The molecule has 0 spiro atoms. The summed E-state index contributed by atoms with van der Waals surface area (Å²) in [5.74, 6) is 1.24. The third-order valence-corrected chi connectivity index (χ3v) is 4.63. The van der Waals surface area contributed by atoms with Crippen LogP contribution in [0.2, 0.25) is 0 Å². The first-order valence-corrected chi connectivity index (χ1v) is 9.63. The molecule has 138 valence electrons. The number of carbonyl (C=O) groups is 1. The van der Waals surface area contributed by atoms with Crippen LogP contribution in [0.15, 0.2) is 12.4 Å². The molecule has 0 atom stereocenters. The maximum absolute atomic E-state index is 11.4. The first-order chi connectivity index (χ1) is 11.4. The van der Waals surface area contributed by atoms with Gasteiger partial charge in [0.1, 0.15) is 5.78 Å². The summed E-state index contributed by atoms with van der Waals surface area (Å²) >= 11 is 0. The van der Waals surface area contributed by atoms with Crippen molar-refractivity contribution >= 4 is 5.78 Å². The summed E-state index contributed by atoms with van der Waals surface area (Å²) in [6.07, 6.45) is 11.1. The lowest BCUT2D eigenvalue weighted by Gasteiger charge is -2.26. The summed E-state index contributed by atoms with van der Waals surface area (Å²) in [7, 11) is 1.94. The standard InChI is InChI=1S/C13H25NO.C7H12N2/c1-12(2)13(15)8-4-7-11-14-9-5-3-6-10-14;1-6(2)7-4-8-9(3)5-7/h12H,3-11H2,1-2H3;4-6H,1-3H3. The number of rotatable bonds is 7. The number of hydrogen-bond acceptors (Lipinski definition) is 3. The third kappa shape index (κ3) is 8.62. The molecule has 0 aromatic carbocycles. The molecule has 1 aromatic rings. The van der Waals surface area contributed by atoms with Gasteiger partial charge in [-0.15, -0.1) is 0 Å². The number of piperidine rings is 1. The van der Waals surface area contributed by atoms with Crippen molar-refractivity contribution in [2.24, 2.45) is 13.0 Å². The minimum atomic E-state index is 0.222. The lowest BCUT2D eigenvalue weighted by atomic mass is 10.0. The highest BCUT2D eigenvalue weighted by atomic mass is 16.1. The molecule has 2 rings (SSSR count). The fourth-order valence-corrected chi connectivity index (χ4v) is 2.84. The molecule has 0 unspecified atom stereocenters. The zero-order chi connectivity index (χ0) is 17.9. The molecule has 1 fully saturated rings. The molecule has 1 aromatic heterocycles. The summed E-state index contributed by atoms with van der Waals surface area (Å²) in [5, 5.41) is 4.05. The number of Topliss-reactive ketones (excluding diaryl/α,β-unsaturated/α-hetero) is 1. The van der Waals surface area contributed by atoms with Crippen LogP contribution in [0.4, 0.5) is 0 Å². The Morgan fingerprint density at radius 2 is 1.79 bits per heavy atom. The van der Waals surface area contributed by atoms with Crippen molar-refractivity contribution < 1.29 is 4.79 Å². The van der Waals surface area contributed by atoms with Gasteiger partial charge in [0.25, 0.3) is 0 Å². The van der Waals surface area contributed by atoms with E-state index in [4.69, 9.17) is 0 Å². The average molecular weight is 336 g/mol. The molecule has 1 aliphatic heterocycles. The Hall–Kier alpha value is -1.16. The van der Waals surface area contributed by atoms with E-state index in [9.17, 15) is 4.79 Å². The van der Waals surface area contributed by atoms with E-state index in [2.05, 4.69) is 23.8 Å². The number of unbranched alkanes of at least 4 members (excludes halogenated alkanes) is 1. The Morgan fingerprint density at radius 3 is 2.25 bits per heavy atom. The first kappa shape index (κ1) is 20.9. The van der Waals surface area contributed by atoms with Gasteiger partial charge in [-0.3, -0.25) is 9.48 Å². The number of carbonyl (C=O) groups excluding carboxylic acids is 1. The number of nitrogens with zero attached hydrogens (tertiary/aromatic N) is 3. The van der Waals surface area contributed by atoms with Crippen LogP contribution in [0, 0.1) is 5.92 Å². The zero-order valence-corrected chi connectivity index (χ0v) is 16.4. The molecule has 0 radical (unpaired) electrons. The van der Waals surface area contributed by atoms with Gasteiger partial charge in [-0.2, -0.15) is 5.10 Å². The van der Waals surface area contributed by atoms with E-state index < -0.39 is 0 Å². The van der Waals surface area contributed by atoms with Crippen molar-refractivity contribution in [1.29, 1.82) is 0 Å². The van der Waals surface area contributed by atoms with Crippen LogP contribution in [0.25, 0.3) is 0 Å². The van der Waals surface area contributed by atoms with Gasteiger partial charge >= 0.3 is 0 Å². The Labute approximate surface area is 148 Å². The smallest absolute Gasteiger partial charge is 0.135 e. The maximum Gasteiger partial charge on any atom is 0.135 e. The van der Waals surface area contributed by atoms with Gasteiger partial charge in [0, 0.05) is 25.6 Å². The van der Waals surface area contributed by atoms with Gasteiger partial charge in [0.05, 0.1) is 6.20 Å². The van der Waals surface area contributed by atoms with E-state index in [-0.39, 0.29) is 5.92 Å². The van der Waals surface area contributed by atoms with Crippen molar-refractivity contribution in [3.63, 3.8) is 0 Å². The van der Waals surface area contributed by atoms with Crippen LogP contribution in [0.5, 0.6) is 0 Å². The van der Waals surface area contributed by atoms with Gasteiger partial charge in [0.15, 0.2) is 0 Å². The summed E-state index contributed by atoms with van der Waals surface area (Å²) in [4.78, 5) is 13.9. The lowest BCUT2D eigenvalue weighted by molar-refractivity contribution is -0.122. The van der Waals surface area contributed by atoms with Crippen LogP contribution in [-0.2, 0) is 11.8 Å². The highest BCUT2D eigenvalue weighted by Crippen LogP contribution is 2.11. The van der Waals surface area contributed by atoms with Gasteiger partial charge in [-0.05, 0) is 56.8 Å². The van der Waals surface area contributed by atoms with Gasteiger partial charge < -0.3 is 4.90 Å². The Morgan fingerprint density at radius 1 is 1.12 bits per heavy atom. The lowest BCUT2D eigenvalue weighted by Crippen LogP contribution is -2.30. The second-order valence-electron chi connectivity index (χ2n) is 7.58. The molecule has 0 N–H and O–H groups in total. The summed E-state index contributed by atoms with van der Waals surface area (Å²) in [5.41, 5.74) is 1.30. The minimum Gasteiger partial charge on any atom is -0.303 e. The normalized spacial score (nSPS) is 15.5. The molecule has 4 nitrogen and oxygen atoms in total. The monoisotopic (exact) mass is 335 g/mol. The first-order valence-electron chi connectivity index (χ1n) is 9.63. The van der Waals surface area contributed by atoms with Crippen LogP contribution in [0.1, 0.15) is 77.7 Å². The van der Waals surface area contributed by atoms with Gasteiger partial charge in [-0.1, -0.05) is 34.1 Å². The largest absolute Gasteiger partial charge is 0.303 e. The van der Waals surface area contributed by atoms with E-state index in [1.807, 2.05) is 38.0 Å². The van der Waals surface area contributed by atoms with Gasteiger partial charge in [-0.25, -0.2) is 0 Å². The highest BCUT2D eigenvalue weighted by Gasteiger charge is 2.10. The van der Waals surface area contributed by atoms with Crippen molar-refractivity contribution in [2.75, 3.05) is 19.6 Å². The maximum atomic E-state index is 11.4. The second kappa shape index (κ2) is 11.4. The SMILES string of the molecule is CC(C)C(=O)CCCCN1CCCCC1.CC(C)c1cnn(C)c1. The predicted octanol–water partition coefficient (Wildman–Crippen LogP) is 4.41. The predicted molar refractivity (Wildman–Crippen MR) is 101 cm³/mol. The quantitative estimate of drug-likeness (QED) is 0.693. The third-order valence-electron chi connectivity index (χ3n) is 4.63. The Kier molecular flexibility index (Phi) is 9.92. The fraction of sp³-hybridized carbons (Fsp3) is 0.800. The minimum absolute atomic E-state index is 0.222. The van der Waals surface area contributed by atoms with Crippen molar-refractivity contribution in [2.45, 2.75) is 72.1 Å². The van der Waals surface area contributed by atoms with Crippen molar-refractivity contribution in [1.82, 2.24) is 14.7 Å². The van der Waals surface area contributed by atoms with E-state index in [1.54, 1.807) is 0 Å². The number of ketones is 1. The molecule has 0 saturated carbocycles. The molecule has 2 heterocycles. The molecule has 0 amide bonds. The highest BCUT2D eigenvalue weighted by molar-refractivity contribution is 5.80. The number of aromatic nitrogens is 2. The van der Waals surface area contributed by atoms with Crippen LogP contribution < -0.4 is 0 Å². The average Bonchev–Trinajstić information content (AvgIpc) is 3.00. The van der Waals surface area contributed by atoms with Crippen LogP contribution in [-0.4, -0.2) is 40.1 Å². The summed E-state index contributed by atoms with van der Waals surface area (Å²) in [6, 6.07) is 0. The number of aryl methyl sites for hydroxylation is 1. The zero-order valence-electron chi connectivity index (χ0n) is 16.4. The van der Waals surface area contributed by atoms with E-state index >= 15 is 0 Å². The molecule has 24 heavy (non-hydrogen) atoms. The number of likely N-dealkylation sites (tertiary alicyclic amines) is 1. The topological polar surface area (TPSA) is 38.1 Å². The second-order valence-corrected chi connectivity index (χ2v) is 7.58. The molecule has 0 aliphatic carbocycles. The van der Waals surface area contributed by atoms with Gasteiger partial charge in [0.2, 0.25) is 0 Å². The van der Waals surface area contributed by atoms with Crippen LogP contribution >= 0.6 is 0 Å². The van der Waals surface area contributed by atoms with Crippen LogP contribution in [0.3, 0.4) is 0 Å². The summed E-state index contributed by atoms with van der Waals surface area (Å²) in [6.45, 7) is 12.1. The molecule has 1 saturated heterocycles.